The Labute approximate surface area is 79.5 Å². The highest BCUT2D eigenvalue weighted by Crippen LogP contribution is 2.40. The summed E-state index contributed by atoms with van der Waals surface area (Å²) in [6.07, 6.45) is 5.33. The first-order valence-corrected chi connectivity index (χ1v) is 4.78. The highest BCUT2D eigenvalue weighted by atomic mass is 79.9. The highest BCUT2D eigenvalue weighted by molar-refractivity contribution is 9.10. The molecule has 2 rings (SSSR count). The number of aromatic nitrogens is 2. The van der Waals surface area contributed by atoms with Crippen molar-refractivity contribution in [2.24, 2.45) is 0 Å². The van der Waals surface area contributed by atoms with Gasteiger partial charge < -0.3 is 5.11 Å². The second-order valence-corrected chi connectivity index (χ2v) is 4.61. The zero-order chi connectivity index (χ0) is 8.77. The zero-order valence-corrected chi connectivity index (χ0v) is 8.45. The second-order valence-electron chi connectivity index (χ2n) is 3.70. The number of hydrogen-bond donors (Lipinski definition) is 1. The number of rotatable bonds is 1. The molecule has 0 saturated heterocycles. The van der Waals surface area contributed by atoms with Gasteiger partial charge in [0, 0.05) is 6.20 Å². The predicted octanol–water partition coefficient (Wildman–Crippen LogP) is 1.73. The van der Waals surface area contributed by atoms with E-state index in [-0.39, 0.29) is 0 Å². The van der Waals surface area contributed by atoms with Crippen molar-refractivity contribution < 1.29 is 5.11 Å². The van der Waals surface area contributed by atoms with Gasteiger partial charge in [-0.2, -0.15) is 5.10 Å². The maximum atomic E-state index is 9.50. The molecule has 12 heavy (non-hydrogen) atoms. The Balaban J connectivity index is 2.06. The van der Waals surface area contributed by atoms with Gasteiger partial charge in [-0.1, -0.05) is 0 Å². The van der Waals surface area contributed by atoms with Gasteiger partial charge in [-0.05, 0) is 35.7 Å². The Kier molecular flexibility index (Phi) is 1.77. The van der Waals surface area contributed by atoms with E-state index >= 15 is 0 Å². The third kappa shape index (κ3) is 1.41. The first-order chi connectivity index (χ1) is 5.57. The second kappa shape index (κ2) is 2.57. The third-order valence-corrected chi connectivity index (χ3v) is 2.70. The first kappa shape index (κ1) is 8.26. The lowest BCUT2D eigenvalue weighted by Gasteiger charge is -2.40. The summed E-state index contributed by atoms with van der Waals surface area (Å²) < 4.78 is 2.90. The van der Waals surface area contributed by atoms with Gasteiger partial charge in [-0.15, -0.1) is 0 Å². The Bertz CT molecular complexity index is 287. The average Bonchev–Trinajstić information content (AvgIpc) is 2.30. The van der Waals surface area contributed by atoms with Crippen molar-refractivity contribution in [3.8, 4) is 0 Å². The quantitative estimate of drug-likeness (QED) is 0.799. The van der Waals surface area contributed by atoms with Gasteiger partial charge in [-0.3, -0.25) is 4.68 Å². The molecule has 0 spiro atoms. The summed E-state index contributed by atoms with van der Waals surface area (Å²) >= 11 is 3.34. The summed E-state index contributed by atoms with van der Waals surface area (Å²) in [5, 5.41) is 13.7. The lowest BCUT2D eigenvalue weighted by atomic mass is 9.77. The van der Waals surface area contributed by atoms with E-state index in [2.05, 4.69) is 21.0 Å². The maximum Gasteiger partial charge on any atom is 0.0660 e. The van der Waals surface area contributed by atoms with Gasteiger partial charge in [0.2, 0.25) is 0 Å². The van der Waals surface area contributed by atoms with E-state index in [0.717, 1.165) is 17.3 Å². The molecule has 1 aliphatic carbocycles. The maximum absolute atomic E-state index is 9.50. The van der Waals surface area contributed by atoms with Crippen molar-refractivity contribution in [1.29, 1.82) is 0 Å². The van der Waals surface area contributed by atoms with Crippen LogP contribution in [0.3, 0.4) is 0 Å². The monoisotopic (exact) mass is 230 g/mol. The Morgan fingerprint density at radius 1 is 1.75 bits per heavy atom. The molecule has 0 aliphatic heterocycles. The lowest BCUT2D eigenvalue weighted by molar-refractivity contribution is -0.0543. The van der Waals surface area contributed by atoms with E-state index in [1.165, 1.54) is 0 Å². The molecule has 1 heterocycles. The van der Waals surface area contributed by atoms with E-state index in [9.17, 15) is 5.11 Å². The van der Waals surface area contributed by atoms with Gasteiger partial charge in [0.25, 0.3) is 0 Å². The van der Waals surface area contributed by atoms with Crippen molar-refractivity contribution in [3.05, 3.63) is 16.9 Å². The SMILES string of the molecule is CC1(O)CC(n2cc(Br)cn2)C1. The zero-order valence-electron chi connectivity index (χ0n) is 6.87. The molecule has 1 saturated carbocycles. The van der Waals surface area contributed by atoms with Crippen molar-refractivity contribution in [3.63, 3.8) is 0 Å². The minimum atomic E-state index is -0.469. The van der Waals surface area contributed by atoms with Gasteiger partial charge in [0.15, 0.2) is 0 Å². The molecule has 3 nitrogen and oxygen atoms in total. The van der Waals surface area contributed by atoms with Gasteiger partial charge in [0.1, 0.15) is 0 Å². The van der Waals surface area contributed by atoms with Crippen LogP contribution in [0.4, 0.5) is 0 Å². The molecule has 1 aromatic rings. The molecule has 66 valence electrons. The number of nitrogens with zero attached hydrogens (tertiary/aromatic N) is 2. The van der Waals surface area contributed by atoms with Gasteiger partial charge in [-0.25, -0.2) is 0 Å². The fourth-order valence-corrected chi connectivity index (χ4v) is 1.96. The van der Waals surface area contributed by atoms with E-state index < -0.39 is 5.60 Å². The number of aliphatic hydroxyl groups is 1. The summed E-state index contributed by atoms with van der Waals surface area (Å²) in [6, 6.07) is 0.381. The molecule has 0 aromatic carbocycles. The van der Waals surface area contributed by atoms with Crippen LogP contribution in [0.25, 0.3) is 0 Å². The van der Waals surface area contributed by atoms with E-state index in [1.54, 1.807) is 6.20 Å². The molecule has 0 amide bonds. The van der Waals surface area contributed by atoms with Crippen LogP contribution in [0, 0.1) is 0 Å². The first-order valence-electron chi connectivity index (χ1n) is 3.99. The summed E-state index contributed by atoms with van der Waals surface area (Å²) in [7, 11) is 0. The molecule has 0 radical (unpaired) electrons. The van der Waals surface area contributed by atoms with Gasteiger partial charge >= 0.3 is 0 Å². The number of halogens is 1. The average molecular weight is 231 g/mol. The van der Waals surface area contributed by atoms with Crippen molar-refractivity contribution in [2.45, 2.75) is 31.4 Å². The van der Waals surface area contributed by atoms with Crippen molar-refractivity contribution in [1.82, 2.24) is 9.78 Å². The number of hydrogen-bond acceptors (Lipinski definition) is 2. The molecular weight excluding hydrogens is 220 g/mol. The highest BCUT2D eigenvalue weighted by Gasteiger charge is 2.39. The van der Waals surface area contributed by atoms with Crippen LogP contribution in [0.1, 0.15) is 25.8 Å². The molecule has 4 heteroatoms. The summed E-state index contributed by atoms with van der Waals surface area (Å²) in [5.41, 5.74) is -0.469. The lowest BCUT2D eigenvalue weighted by Crippen LogP contribution is -2.42. The van der Waals surface area contributed by atoms with E-state index in [1.807, 2.05) is 17.8 Å². The Hall–Kier alpha value is -0.350. The molecule has 1 aromatic heterocycles. The molecule has 0 atom stereocenters. The topological polar surface area (TPSA) is 38.0 Å². The fourth-order valence-electron chi connectivity index (χ4n) is 1.66. The van der Waals surface area contributed by atoms with Crippen LogP contribution < -0.4 is 0 Å². The Morgan fingerprint density at radius 3 is 2.83 bits per heavy atom. The minimum Gasteiger partial charge on any atom is -0.390 e. The molecule has 1 aliphatic rings. The summed E-state index contributed by atoms with van der Waals surface area (Å²) in [5.74, 6) is 0. The van der Waals surface area contributed by atoms with Crippen LogP contribution in [-0.4, -0.2) is 20.5 Å². The smallest absolute Gasteiger partial charge is 0.0660 e. The van der Waals surface area contributed by atoms with Gasteiger partial charge in [0.05, 0.1) is 22.3 Å². The third-order valence-electron chi connectivity index (χ3n) is 2.29. The summed E-state index contributed by atoms with van der Waals surface area (Å²) in [4.78, 5) is 0. The van der Waals surface area contributed by atoms with Crippen LogP contribution in [0.15, 0.2) is 16.9 Å². The molecule has 1 fully saturated rings. The van der Waals surface area contributed by atoms with Crippen LogP contribution in [-0.2, 0) is 0 Å². The van der Waals surface area contributed by atoms with Crippen molar-refractivity contribution in [2.75, 3.05) is 0 Å². The normalized spacial score (nSPS) is 34.8. The molecule has 0 bridgehead atoms. The van der Waals surface area contributed by atoms with Crippen LogP contribution in [0.2, 0.25) is 0 Å². The fraction of sp³-hybridized carbons (Fsp3) is 0.625. The van der Waals surface area contributed by atoms with E-state index in [4.69, 9.17) is 0 Å². The minimum absolute atomic E-state index is 0.381. The molecule has 1 N–H and O–H groups in total. The molecule has 0 unspecified atom stereocenters. The van der Waals surface area contributed by atoms with Crippen LogP contribution in [0.5, 0.6) is 0 Å². The largest absolute Gasteiger partial charge is 0.390 e. The summed E-state index contributed by atoms with van der Waals surface area (Å²) in [6.45, 7) is 1.86. The van der Waals surface area contributed by atoms with Crippen LogP contribution >= 0.6 is 15.9 Å². The Morgan fingerprint density at radius 2 is 2.42 bits per heavy atom. The predicted molar refractivity (Wildman–Crippen MR) is 48.8 cm³/mol. The van der Waals surface area contributed by atoms with E-state index in [0.29, 0.717) is 6.04 Å². The van der Waals surface area contributed by atoms with Crippen molar-refractivity contribution >= 4 is 15.9 Å². The standard InChI is InChI=1S/C8H11BrN2O/c1-8(12)2-7(3-8)11-5-6(9)4-10-11/h4-5,7,12H,2-3H2,1H3. The molecular formula is C8H11BrN2O.